The maximum Gasteiger partial charge on any atom is 0.271 e. The van der Waals surface area contributed by atoms with Crippen LogP contribution in [0.2, 0.25) is 0 Å². The van der Waals surface area contributed by atoms with Gasteiger partial charge in [-0.3, -0.25) is 19.6 Å². The fourth-order valence-corrected chi connectivity index (χ4v) is 4.84. The van der Waals surface area contributed by atoms with Gasteiger partial charge in [0.25, 0.3) is 5.56 Å². The van der Waals surface area contributed by atoms with Gasteiger partial charge in [0, 0.05) is 12.4 Å². The summed E-state index contributed by atoms with van der Waals surface area (Å²) in [5.74, 6) is 0.831. The van der Waals surface area contributed by atoms with E-state index < -0.39 is 0 Å². The molecule has 126 valence electrons. The van der Waals surface area contributed by atoms with Crippen molar-refractivity contribution >= 4 is 22.6 Å². The van der Waals surface area contributed by atoms with E-state index in [1.54, 1.807) is 18.0 Å². The summed E-state index contributed by atoms with van der Waals surface area (Å²) in [7, 11) is 0. The van der Waals surface area contributed by atoms with Gasteiger partial charge in [-0.05, 0) is 31.4 Å². The molecule has 0 radical (unpaired) electrons. The van der Waals surface area contributed by atoms with Crippen LogP contribution in [0.25, 0.3) is 0 Å². The van der Waals surface area contributed by atoms with Crippen LogP contribution in [-0.4, -0.2) is 19.8 Å². The number of aromatic nitrogens is 3. The van der Waals surface area contributed by atoms with Crippen molar-refractivity contribution in [3.63, 3.8) is 0 Å². The second-order valence-electron chi connectivity index (χ2n) is 6.61. The molecule has 2 aromatic heterocycles. The second kappa shape index (κ2) is 6.59. The number of aliphatic imine (C=N–C) groups is 1. The average molecular weight is 342 g/mol. The molecule has 1 aliphatic heterocycles. The first-order chi connectivity index (χ1) is 11.7. The predicted molar refractivity (Wildman–Crippen MR) is 98.2 cm³/mol. The fraction of sp³-hybridized carbons (Fsp3) is 0.500. The summed E-state index contributed by atoms with van der Waals surface area (Å²) in [4.78, 5) is 21.7. The van der Waals surface area contributed by atoms with Crippen LogP contribution in [0, 0.1) is 0 Å². The number of hydrogen-bond acceptors (Lipinski definition) is 4. The van der Waals surface area contributed by atoms with Gasteiger partial charge in [-0.1, -0.05) is 43.5 Å². The maximum atomic E-state index is 12.7. The molecule has 1 saturated carbocycles. The average Bonchev–Trinajstić information content (AvgIpc) is 2.79. The smallest absolute Gasteiger partial charge is 0.268 e. The third kappa shape index (κ3) is 2.83. The number of nitrogens with zero attached hydrogens (tertiary/aromatic N) is 3. The molecule has 4 rings (SSSR count). The fourth-order valence-electron chi connectivity index (χ4n) is 3.76. The number of thioether (sulfide) groups is 1. The first kappa shape index (κ1) is 15.7. The molecule has 0 bridgehead atoms. The third-order valence-electron chi connectivity index (χ3n) is 4.93. The van der Waals surface area contributed by atoms with Crippen LogP contribution >= 0.6 is 11.8 Å². The Morgan fingerprint density at radius 3 is 2.75 bits per heavy atom. The van der Waals surface area contributed by atoms with Gasteiger partial charge in [-0.15, -0.1) is 0 Å². The SMILES string of the molecule is CC1=Nc2c(c(=O)[nH]n2C2CCCCCC2)[C@H](c2cccnc2)S1. The monoisotopic (exact) mass is 342 g/mol. The lowest BCUT2D eigenvalue weighted by molar-refractivity contribution is 0.407. The van der Waals surface area contributed by atoms with Gasteiger partial charge in [0.1, 0.15) is 0 Å². The molecule has 0 saturated heterocycles. The third-order valence-corrected chi connectivity index (χ3v) is 6.10. The van der Waals surface area contributed by atoms with Crippen molar-refractivity contribution < 1.29 is 0 Å². The Balaban J connectivity index is 1.80. The van der Waals surface area contributed by atoms with Gasteiger partial charge in [0.2, 0.25) is 0 Å². The maximum absolute atomic E-state index is 12.7. The van der Waals surface area contributed by atoms with Crippen molar-refractivity contribution in [1.29, 1.82) is 0 Å². The zero-order chi connectivity index (χ0) is 16.5. The number of H-pyrrole nitrogens is 1. The second-order valence-corrected chi connectivity index (χ2v) is 7.91. The molecule has 1 N–H and O–H groups in total. The minimum atomic E-state index is -0.0259. The summed E-state index contributed by atoms with van der Waals surface area (Å²) >= 11 is 1.64. The van der Waals surface area contributed by atoms with Crippen molar-refractivity contribution in [2.24, 2.45) is 4.99 Å². The van der Waals surface area contributed by atoms with Gasteiger partial charge in [-0.2, -0.15) is 0 Å². The molecule has 0 unspecified atom stereocenters. The van der Waals surface area contributed by atoms with E-state index in [1.807, 2.05) is 25.3 Å². The van der Waals surface area contributed by atoms with Gasteiger partial charge in [0.05, 0.1) is 21.9 Å². The predicted octanol–water partition coefficient (Wildman–Crippen LogP) is 4.35. The minimum Gasteiger partial charge on any atom is -0.268 e. The Bertz CT molecular complexity index is 800. The van der Waals surface area contributed by atoms with E-state index in [0.717, 1.165) is 34.8 Å². The topological polar surface area (TPSA) is 63.0 Å². The summed E-state index contributed by atoms with van der Waals surface area (Å²) in [6.07, 6.45) is 10.9. The zero-order valence-electron chi connectivity index (χ0n) is 13.9. The Morgan fingerprint density at radius 1 is 1.25 bits per heavy atom. The van der Waals surface area contributed by atoms with Crippen LogP contribution in [0.5, 0.6) is 0 Å². The van der Waals surface area contributed by atoms with E-state index in [-0.39, 0.29) is 10.8 Å². The molecule has 5 nitrogen and oxygen atoms in total. The van der Waals surface area contributed by atoms with E-state index in [9.17, 15) is 4.79 Å². The Hall–Kier alpha value is -1.82. The van der Waals surface area contributed by atoms with Gasteiger partial charge >= 0.3 is 0 Å². The highest BCUT2D eigenvalue weighted by molar-refractivity contribution is 8.14. The number of nitrogens with one attached hydrogen (secondary N) is 1. The van der Waals surface area contributed by atoms with Crippen molar-refractivity contribution in [1.82, 2.24) is 14.8 Å². The number of rotatable bonds is 2. The molecule has 0 aromatic carbocycles. The lowest BCUT2D eigenvalue weighted by atomic mass is 10.1. The van der Waals surface area contributed by atoms with Gasteiger partial charge in [0.15, 0.2) is 5.82 Å². The van der Waals surface area contributed by atoms with Crippen molar-refractivity contribution in [3.05, 3.63) is 46.0 Å². The summed E-state index contributed by atoms with van der Waals surface area (Å²) in [6, 6.07) is 4.32. The van der Waals surface area contributed by atoms with E-state index in [2.05, 4.69) is 14.8 Å². The molecular formula is C18H22N4OS. The van der Waals surface area contributed by atoms with Crippen LogP contribution < -0.4 is 5.56 Å². The van der Waals surface area contributed by atoms with Crippen LogP contribution in [0.1, 0.15) is 67.9 Å². The lowest BCUT2D eigenvalue weighted by Crippen LogP contribution is -2.14. The van der Waals surface area contributed by atoms with E-state index in [0.29, 0.717) is 6.04 Å². The molecule has 24 heavy (non-hydrogen) atoms. The summed E-state index contributed by atoms with van der Waals surface area (Å²) in [5, 5.41) is 4.07. The normalized spacial score (nSPS) is 21.9. The molecule has 1 atom stereocenters. The van der Waals surface area contributed by atoms with Gasteiger partial charge < -0.3 is 0 Å². The highest BCUT2D eigenvalue weighted by Crippen LogP contribution is 2.44. The minimum absolute atomic E-state index is 0.00755. The first-order valence-corrected chi connectivity index (χ1v) is 9.58. The van der Waals surface area contributed by atoms with Crippen molar-refractivity contribution in [2.45, 2.75) is 56.7 Å². The highest BCUT2D eigenvalue weighted by Gasteiger charge is 2.32. The molecule has 1 fully saturated rings. The molecule has 6 heteroatoms. The quantitative estimate of drug-likeness (QED) is 0.825. The van der Waals surface area contributed by atoms with E-state index in [4.69, 9.17) is 4.99 Å². The Morgan fingerprint density at radius 2 is 2.04 bits per heavy atom. The number of aromatic amines is 1. The summed E-state index contributed by atoms with van der Waals surface area (Å²) in [6.45, 7) is 2.02. The molecule has 2 aromatic rings. The summed E-state index contributed by atoms with van der Waals surface area (Å²) < 4.78 is 2.05. The standard InChI is InChI=1S/C18H22N4OS/c1-12-20-17-15(16(24-12)13-7-6-10-19-11-13)18(23)21-22(17)14-8-4-2-3-5-9-14/h6-7,10-11,14,16H,2-5,8-9H2,1H3,(H,21,23)/t16-/m0/s1. The molecule has 0 amide bonds. The van der Waals surface area contributed by atoms with Crippen LogP contribution in [0.3, 0.4) is 0 Å². The molecule has 1 aliphatic carbocycles. The number of pyridine rings is 1. The van der Waals surface area contributed by atoms with Crippen LogP contribution in [-0.2, 0) is 0 Å². The summed E-state index contributed by atoms with van der Waals surface area (Å²) in [5.41, 5.74) is 1.83. The van der Waals surface area contributed by atoms with Crippen LogP contribution in [0.15, 0.2) is 34.3 Å². The highest BCUT2D eigenvalue weighted by atomic mass is 32.2. The zero-order valence-corrected chi connectivity index (χ0v) is 14.7. The van der Waals surface area contributed by atoms with Gasteiger partial charge in [-0.25, -0.2) is 4.99 Å². The largest absolute Gasteiger partial charge is 0.271 e. The van der Waals surface area contributed by atoms with Crippen molar-refractivity contribution in [2.75, 3.05) is 0 Å². The molecule has 3 heterocycles. The van der Waals surface area contributed by atoms with Crippen molar-refractivity contribution in [3.8, 4) is 0 Å². The molecule has 0 spiro atoms. The van der Waals surface area contributed by atoms with Crippen LogP contribution in [0.4, 0.5) is 5.82 Å². The Labute approximate surface area is 145 Å². The first-order valence-electron chi connectivity index (χ1n) is 8.70. The van der Waals surface area contributed by atoms with E-state index in [1.165, 1.54) is 25.7 Å². The number of fused-ring (bicyclic) bond motifs is 1. The lowest BCUT2D eigenvalue weighted by Gasteiger charge is -2.23. The number of hydrogen-bond donors (Lipinski definition) is 1. The Kier molecular flexibility index (Phi) is 4.31. The van der Waals surface area contributed by atoms with E-state index >= 15 is 0 Å². The molecular weight excluding hydrogens is 320 g/mol. The molecule has 2 aliphatic rings.